The molecule has 8 heteroatoms. The summed E-state index contributed by atoms with van der Waals surface area (Å²) in [4.78, 5) is 34.8. The van der Waals surface area contributed by atoms with Gasteiger partial charge in [0.1, 0.15) is 5.82 Å². The fraction of sp³-hybridized carbons (Fsp3) is 0.750. The van der Waals surface area contributed by atoms with Gasteiger partial charge < -0.3 is 25.6 Å². The first-order valence-corrected chi connectivity index (χ1v) is 10.5. The summed E-state index contributed by atoms with van der Waals surface area (Å²) in [5, 5.41) is 16.9. The van der Waals surface area contributed by atoms with Gasteiger partial charge in [-0.3, -0.25) is 4.79 Å². The minimum atomic E-state index is -0.856. The molecule has 1 saturated carbocycles. The van der Waals surface area contributed by atoms with Crippen LogP contribution in [0.15, 0.2) is 6.20 Å². The molecule has 1 aliphatic heterocycles. The molecule has 0 aromatic carbocycles. The van der Waals surface area contributed by atoms with Crippen molar-refractivity contribution in [2.75, 3.05) is 19.6 Å². The van der Waals surface area contributed by atoms with E-state index in [9.17, 15) is 14.7 Å². The number of H-pyrrole nitrogens is 1. The SMILES string of the molecule is CCCNC(=O)N[C@@H]1C[C@H](C(=O)N2CCCC2)[C@@H](O)[C@H]1c1cnc(C(C)C)[nH]1. The van der Waals surface area contributed by atoms with Gasteiger partial charge in [0.2, 0.25) is 5.91 Å². The first-order chi connectivity index (χ1) is 13.4. The second-order valence-corrected chi connectivity index (χ2v) is 8.28. The zero-order valence-corrected chi connectivity index (χ0v) is 17.1. The molecule has 3 amide bonds. The Balaban J connectivity index is 1.80. The Kier molecular flexibility index (Phi) is 6.59. The van der Waals surface area contributed by atoms with Crippen molar-refractivity contribution in [3.05, 3.63) is 17.7 Å². The molecular weight excluding hydrogens is 358 g/mol. The van der Waals surface area contributed by atoms with Gasteiger partial charge in [0.25, 0.3) is 0 Å². The van der Waals surface area contributed by atoms with Crippen LogP contribution in [0.2, 0.25) is 0 Å². The van der Waals surface area contributed by atoms with E-state index in [-0.39, 0.29) is 29.8 Å². The van der Waals surface area contributed by atoms with Gasteiger partial charge in [-0.2, -0.15) is 0 Å². The predicted octanol–water partition coefficient (Wildman–Crippen LogP) is 1.70. The van der Waals surface area contributed by atoms with Crippen LogP contribution < -0.4 is 10.6 Å². The van der Waals surface area contributed by atoms with Crippen LogP contribution in [0.3, 0.4) is 0 Å². The fourth-order valence-electron chi connectivity index (χ4n) is 4.29. The largest absolute Gasteiger partial charge is 0.392 e. The van der Waals surface area contributed by atoms with Crippen molar-refractivity contribution >= 4 is 11.9 Å². The number of aliphatic hydroxyl groups excluding tert-OH is 1. The summed E-state index contributed by atoms with van der Waals surface area (Å²) < 4.78 is 0. The Morgan fingerprint density at radius 1 is 1.36 bits per heavy atom. The first-order valence-electron chi connectivity index (χ1n) is 10.5. The summed E-state index contributed by atoms with van der Waals surface area (Å²) >= 11 is 0. The monoisotopic (exact) mass is 391 g/mol. The number of nitrogens with zero attached hydrogens (tertiary/aromatic N) is 2. The highest BCUT2D eigenvalue weighted by molar-refractivity contribution is 5.81. The van der Waals surface area contributed by atoms with Crippen LogP contribution in [0.4, 0.5) is 4.79 Å². The predicted molar refractivity (Wildman–Crippen MR) is 106 cm³/mol. The number of carbonyl (C=O) groups is 2. The molecule has 4 atom stereocenters. The Morgan fingerprint density at radius 2 is 2.07 bits per heavy atom. The lowest BCUT2D eigenvalue weighted by Crippen LogP contribution is -2.44. The van der Waals surface area contributed by atoms with Gasteiger partial charge in [-0.05, 0) is 25.7 Å². The van der Waals surface area contributed by atoms with Crippen molar-refractivity contribution in [1.82, 2.24) is 25.5 Å². The van der Waals surface area contributed by atoms with Crippen LogP contribution >= 0.6 is 0 Å². The molecule has 8 nitrogen and oxygen atoms in total. The third kappa shape index (κ3) is 4.32. The van der Waals surface area contributed by atoms with Crippen molar-refractivity contribution in [2.24, 2.45) is 5.92 Å². The number of urea groups is 1. The minimum Gasteiger partial charge on any atom is -0.392 e. The summed E-state index contributed by atoms with van der Waals surface area (Å²) in [7, 11) is 0. The van der Waals surface area contributed by atoms with Crippen LogP contribution in [0.5, 0.6) is 0 Å². The van der Waals surface area contributed by atoms with Gasteiger partial charge in [0.05, 0.1) is 12.0 Å². The van der Waals surface area contributed by atoms with Gasteiger partial charge in [0.15, 0.2) is 0 Å². The summed E-state index contributed by atoms with van der Waals surface area (Å²) in [6.45, 7) is 8.17. The number of carbonyl (C=O) groups excluding carboxylic acids is 2. The van der Waals surface area contributed by atoms with Crippen molar-refractivity contribution in [2.45, 2.75) is 70.4 Å². The number of nitrogens with one attached hydrogen (secondary N) is 3. The lowest BCUT2D eigenvalue weighted by atomic mass is 9.96. The average molecular weight is 392 g/mol. The second-order valence-electron chi connectivity index (χ2n) is 8.28. The number of imidazole rings is 1. The number of hydrogen-bond acceptors (Lipinski definition) is 4. The van der Waals surface area contributed by atoms with E-state index in [4.69, 9.17) is 0 Å². The summed E-state index contributed by atoms with van der Waals surface area (Å²) in [6, 6.07) is -0.592. The van der Waals surface area contributed by atoms with E-state index in [1.165, 1.54) is 0 Å². The summed E-state index contributed by atoms with van der Waals surface area (Å²) in [5.41, 5.74) is 0.772. The Morgan fingerprint density at radius 3 is 2.68 bits per heavy atom. The second kappa shape index (κ2) is 8.94. The summed E-state index contributed by atoms with van der Waals surface area (Å²) in [6.07, 6.45) is 4.17. The van der Waals surface area contributed by atoms with Gasteiger partial charge in [-0.1, -0.05) is 20.8 Å². The van der Waals surface area contributed by atoms with E-state index < -0.39 is 12.0 Å². The van der Waals surface area contributed by atoms with E-state index in [1.54, 1.807) is 6.20 Å². The normalized spacial score (nSPS) is 27.4. The lowest BCUT2D eigenvalue weighted by molar-refractivity contribution is -0.137. The molecule has 1 saturated heterocycles. The third-order valence-corrected chi connectivity index (χ3v) is 5.83. The van der Waals surface area contributed by atoms with Crippen molar-refractivity contribution in [1.29, 1.82) is 0 Å². The van der Waals surface area contributed by atoms with Crippen molar-refractivity contribution in [3.63, 3.8) is 0 Å². The number of aliphatic hydroxyl groups is 1. The molecule has 0 radical (unpaired) electrons. The molecule has 3 rings (SSSR count). The Bertz CT molecular complexity index is 683. The smallest absolute Gasteiger partial charge is 0.315 e. The Hall–Kier alpha value is -2.09. The topological polar surface area (TPSA) is 110 Å². The average Bonchev–Trinajstić information content (AvgIpc) is 3.39. The molecule has 1 aromatic rings. The van der Waals surface area contributed by atoms with Gasteiger partial charge in [-0.15, -0.1) is 0 Å². The van der Waals surface area contributed by atoms with E-state index >= 15 is 0 Å². The molecule has 0 unspecified atom stereocenters. The lowest BCUT2D eigenvalue weighted by Gasteiger charge is -2.24. The number of aromatic amines is 1. The number of rotatable bonds is 6. The molecule has 1 aliphatic carbocycles. The van der Waals surface area contributed by atoms with Gasteiger partial charge >= 0.3 is 6.03 Å². The number of amides is 3. The Labute approximate surface area is 166 Å². The van der Waals surface area contributed by atoms with Crippen LogP contribution in [0.25, 0.3) is 0 Å². The first kappa shape index (κ1) is 20.6. The van der Waals surface area contributed by atoms with Crippen molar-refractivity contribution < 1.29 is 14.7 Å². The minimum absolute atomic E-state index is 0.00290. The summed E-state index contributed by atoms with van der Waals surface area (Å²) in [5.74, 6) is 0.172. The molecule has 1 aromatic heterocycles. The quantitative estimate of drug-likeness (QED) is 0.591. The molecular formula is C20H33N5O3. The van der Waals surface area contributed by atoms with Crippen LogP contribution in [0, 0.1) is 5.92 Å². The highest BCUT2D eigenvalue weighted by Crippen LogP contribution is 2.40. The van der Waals surface area contributed by atoms with E-state index in [0.717, 1.165) is 43.9 Å². The van der Waals surface area contributed by atoms with Crippen LogP contribution in [-0.4, -0.2) is 63.7 Å². The van der Waals surface area contributed by atoms with Crippen LogP contribution in [0.1, 0.15) is 69.8 Å². The highest BCUT2D eigenvalue weighted by Gasteiger charge is 2.49. The third-order valence-electron chi connectivity index (χ3n) is 5.83. The zero-order valence-electron chi connectivity index (χ0n) is 17.1. The van der Waals surface area contributed by atoms with Gasteiger partial charge in [-0.25, -0.2) is 9.78 Å². The molecule has 156 valence electrons. The van der Waals surface area contributed by atoms with Gasteiger partial charge in [0, 0.05) is 49.4 Å². The zero-order chi connectivity index (χ0) is 20.3. The number of likely N-dealkylation sites (tertiary alicyclic amines) is 1. The van der Waals surface area contributed by atoms with E-state index in [0.29, 0.717) is 13.0 Å². The maximum absolute atomic E-state index is 13.0. The maximum atomic E-state index is 13.0. The molecule has 2 aliphatic rings. The van der Waals surface area contributed by atoms with E-state index in [2.05, 4.69) is 20.6 Å². The van der Waals surface area contributed by atoms with Crippen LogP contribution in [-0.2, 0) is 4.79 Å². The molecule has 0 bridgehead atoms. The highest BCUT2D eigenvalue weighted by atomic mass is 16.3. The fourth-order valence-corrected chi connectivity index (χ4v) is 4.29. The molecule has 0 spiro atoms. The molecule has 2 heterocycles. The number of aromatic nitrogens is 2. The van der Waals surface area contributed by atoms with E-state index in [1.807, 2.05) is 25.7 Å². The maximum Gasteiger partial charge on any atom is 0.315 e. The molecule has 4 N–H and O–H groups in total. The number of hydrogen-bond donors (Lipinski definition) is 4. The molecule has 2 fully saturated rings. The van der Waals surface area contributed by atoms with Crippen molar-refractivity contribution in [3.8, 4) is 0 Å². The molecule has 28 heavy (non-hydrogen) atoms. The standard InChI is InChI=1S/C20H33N5O3/c1-4-7-21-20(28)24-14-10-13(19(27)25-8-5-6-9-25)17(26)16(14)15-11-22-18(23-15)12(2)3/h11-14,16-17,26H,4-10H2,1-3H3,(H,22,23)(H2,21,24,28)/t13-,14+,16+,17+/m0/s1.